The van der Waals surface area contributed by atoms with E-state index in [-0.39, 0.29) is 5.60 Å². The monoisotopic (exact) mass is 205 g/mol. The minimum atomic E-state index is 0.0219. The summed E-state index contributed by atoms with van der Waals surface area (Å²) in [4.78, 5) is 2.41. The predicted molar refractivity (Wildman–Crippen MR) is 63.3 cm³/mol. The second kappa shape index (κ2) is 4.23. The van der Waals surface area contributed by atoms with E-state index in [1.807, 2.05) is 0 Å². The third-order valence-electron chi connectivity index (χ3n) is 3.21. The molecule has 1 fully saturated rings. The molecule has 0 radical (unpaired) electrons. The third kappa shape index (κ3) is 2.32. The van der Waals surface area contributed by atoms with Crippen LogP contribution in [0.1, 0.15) is 20.3 Å². The van der Waals surface area contributed by atoms with Crippen molar-refractivity contribution in [1.82, 2.24) is 0 Å². The van der Waals surface area contributed by atoms with Crippen molar-refractivity contribution in [2.75, 3.05) is 24.6 Å². The van der Waals surface area contributed by atoms with Crippen LogP contribution in [-0.2, 0) is 4.74 Å². The summed E-state index contributed by atoms with van der Waals surface area (Å²) in [6.45, 7) is 7.21. The highest BCUT2D eigenvalue weighted by molar-refractivity contribution is 5.46. The van der Waals surface area contributed by atoms with E-state index in [2.05, 4.69) is 49.1 Å². The van der Waals surface area contributed by atoms with Crippen LogP contribution in [0.3, 0.4) is 0 Å². The van der Waals surface area contributed by atoms with Crippen LogP contribution >= 0.6 is 0 Å². The van der Waals surface area contributed by atoms with Gasteiger partial charge in [0.1, 0.15) is 0 Å². The van der Waals surface area contributed by atoms with E-state index in [1.165, 1.54) is 5.69 Å². The highest BCUT2D eigenvalue weighted by Crippen LogP contribution is 2.25. The lowest BCUT2D eigenvalue weighted by Gasteiger charge is -2.41. The van der Waals surface area contributed by atoms with Crippen molar-refractivity contribution in [3.8, 4) is 0 Å². The molecule has 2 heteroatoms. The normalized spacial score (nSPS) is 26.7. The zero-order chi connectivity index (χ0) is 10.7. The Morgan fingerprint density at radius 3 is 2.73 bits per heavy atom. The van der Waals surface area contributed by atoms with Gasteiger partial charge in [0.25, 0.3) is 0 Å². The first-order valence-corrected chi connectivity index (χ1v) is 5.67. The van der Waals surface area contributed by atoms with Crippen LogP contribution in [0.4, 0.5) is 5.69 Å². The standard InChI is InChI=1S/C13H19NO/c1-3-13(2)11-14(9-10-15-13)12-7-5-4-6-8-12/h4-8H,3,9-11H2,1-2H3. The maximum absolute atomic E-state index is 5.82. The van der Waals surface area contributed by atoms with E-state index in [0.717, 1.165) is 26.1 Å². The topological polar surface area (TPSA) is 12.5 Å². The van der Waals surface area contributed by atoms with Gasteiger partial charge in [-0.3, -0.25) is 0 Å². The number of nitrogens with zero attached hydrogens (tertiary/aromatic N) is 1. The number of para-hydroxylation sites is 1. The van der Waals surface area contributed by atoms with Gasteiger partial charge < -0.3 is 9.64 Å². The zero-order valence-electron chi connectivity index (χ0n) is 9.57. The quantitative estimate of drug-likeness (QED) is 0.736. The molecule has 0 saturated carbocycles. The van der Waals surface area contributed by atoms with Crippen LogP contribution in [0.15, 0.2) is 30.3 Å². The van der Waals surface area contributed by atoms with Gasteiger partial charge >= 0.3 is 0 Å². The number of rotatable bonds is 2. The van der Waals surface area contributed by atoms with Crippen molar-refractivity contribution in [3.63, 3.8) is 0 Å². The first-order valence-electron chi connectivity index (χ1n) is 5.67. The van der Waals surface area contributed by atoms with Crippen molar-refractivity contribution in [1.29, 1.82) is 0 Å². The van der Waals surface area contributed by atoms with Gasteiger partial charge in [-0.1, -0.05) is 25.1 Å². The molecule has 1 unspecified atom stereocenters. The number of benzene rings is 1. The SMILES string of the molecule is CCC1(C)CN(c2ccccc2)CCO1. The number of hydrogen-bond acceptors (Lipinski definition) is 2. The number of hydrogen-bond donors (Lipinski definition) is 0. The molecule has 1 aliphatic rings. The molecular formula is C13H19NO. The van der Waals surface area contributed by atoms with Gasteiger partial charge in [-0.2, -0.15) is 0 Å². The summed E-state index contributed by atoms with van der Waals surface area (Å²) in [6.07, 6.45) is 1.07. The largest absolute Gasteiger partial charge is 0.372 e. The molecule has 0 aromatic heterocycles. The van der Waals surface area contributed by atoms with E-state index in [1.54, 1.807) is 0 Å². The summed E-state index contributed by atoms with van der Waals surface area (Å²) in [5, 5.41) is 0. The number of morpholine rings is 1. The lowest BCUT2D eigenvalue weighted by molar-refractivity contribution is -0.0441. The molecule has 82 valence electrons. The molecule has 1 aromatic carbocycles. The van der Waals surface area contributed by atoms with Crippen LogP contribution < -0.4 is 4.90 Å². The van der Waals surface area contributed by atoms with Crippen LogP contribution in [0.2, 0.25) is 0 Å². The van der Waals surface area contributed by atoms with Crippen molar-refractivity contribution in [2.24, 2.45) is 0 Å². The molecule has 2 rings (SSSR count). The molecule has 15 heavy (non-hydrogen) atoms. The molecule has 1 aliphatic heterocycles. The smallest absolute Gasteiger partial charge is 0.0826 e. The van der Waals surface area contributed by atoms with Crippen molar-refractivity contribution in [2.45, 2.75) is 25.9 Å². The molecule has 1 atom stereocenters. The number of ether oxygens (including phenoxy) is 1. The van der Waals surface area contributed by atoms with E-state index in [9.17, 15) is 0 Å². The Bertz CT molecular complexity index is 312. The van der Waals surface area contributed by atoms with Gasteiger partial charge in [-0.05, 0) is 25.5 Å². The maximum Gasteiger partial charge on any atom is 0.0826 e. The van der Waals surface area contributed by atoms with E-state index in [0.29, 0.717) is 0 Å². The summed E-state index contributed by atoms with van der Waals surface area (Å²) >= 11 is 0. The molecule has 2 nitrogen and oxygen atoms in total. The molecule has 1 aromatic rings. The molecule has 1 saturated heterocycles. The van der Waals surface area contributed by atoms with Crippen molar-refractivity contribution in [3.05, 3.63) is 30.3 Å². The Hall–Kier alpha value is -1.02. The van der Waals surface area contributed by atoms with Gasteiger partial charge in [-0.25, -0.2) is 0 Å². The fraction of sp³-hybridized carbons (Fsp3) is 0.538. The van der Waals surface area contributed by atoms with E-state index < -0.39 is 0 Å². The fourth-order valence-corrected chi connectivity index (χ4v) is 2.00. The molecule has 0 bridgehead atoms. The van der Waals surface area contributed by atoms with Crippen LogP contribution in [-0.4, -0.2) is 25.3 Å². The molecular weight excluding hydrogens is 186 g/mol. The van der Waals surface area contributed by atoms with Gasteiger partial charge in [0.2, 0.25) is 0 Å². The van der Waals surface area contributed by atoms with E-state index in [4.69, 9.17) is 4.74 Å². The summed E-state index contributed by atoms with van der Waals surface area (Å²) < 4.78 is 5.82. The van der Waals surface area contributed by atoms with Crippen LogP contribution in [0, 0.1) is 0 Å². The summed E-state index contributed by atoms with van der Waals surface area (Å²) in [5.41, 5.74) is 1.33. The lowest BCUT2D eigenvalue weighted by atomic mass is 10.0. The van der Waals surface area contributed by atoms with Gasteiger partial charge in [0, 0.05) is 18.8 Å². The Morgan fingerprint density at radius 1 is 1.33 bits per heavy atom. The lowest BCUT2D eigenvalue weighted by Crippen LogP contribution is -2.49. The summed E-state index contributed by atoms with van der Waals surface area (Å²) in [7, 11) is 0. The Morgan fingerprint density at radius 2 is 2.07 bits per heavy atom. The minimum absolute atomic E-state index is 0.0219. The first-order chi connectivity index (χ1) is 7.23. The van der Waals surface area contributed by atoms with Crippen molar-refractivity contribution < 1.29 is 4.74 Å². The average molecular weight is 205 g/mol. The molecule has 0 N–H and O–H groups in total. The first kappa shape index (κ1) is 10.5. The predicted octanol–water partition coefficient (Wildman–Crippen LogP) is 2.69. The van der Waals surface area contributed by atoms with Gasteiger partial charge in [0.05, 0.1) is 12.2 Å². The zero-order valence-corrected chi connectivity index (χ0v) is 9.57. The second-order valence-electron chi connectivity index (χ2n) is 4.41. The van der Waals surface area contributed by atoms with Gasteiger partial charge in [-0.15, -0.1) is 0 Å². The van der Waals surface area contributed by atoms with Crippen molar-refractivity contribution >= 4 is 5.69 Å². The third-order valence-corrected chi connectivity index (χ3v) is 3.21. The minimum Gasteiger partial charge on any atom is -0.372 e. The van der Waals surface area contributed by atoms with E-state index >= 15 is 0 Å². The molecule has 0 aliphatic carbocycles. The van der Waals surface area contributed by atoms with Crippen LogP contribution in [0.5, 0.6) is 0 Å². The molecule has 0 amide bonds. The summed E-state index contributed by atoms with van der Waals surface area (Å²) in [6, 6.07) is 10.6. The van der Waals surface area contributed by atoms with Crippen LogP contribution in [0.25, 0.3) is 0 Å². The van der Waals surface area contributed by atoms with Gasteiger partial charge in [0.15, 0.2) is 0 Å². The molecule has 1 heterocycles. The average Bonchev–Trinajstić information content (AvgIpc) is 2.30. The molecule has 0 spiro atoms. The maximum atomic E-state index is 5.82. The number of anilines is 1. The summed E-state index contributed by atoms with van der Waals surface area (Å²) in [5.74, 6) is 0. The second-order valence-corrected chi connectivity index (χ2v) is 4.41. The highest BCUT2D eigenvalue weighted by atomic mass is 16.5. The highest BCUT2D eigenvalue weighted by Gasteiger charge is 2.30. The fourth-order valence-electron chi connectivity index (χ4n) is 2.00. The Kier molecular flexibility index (Phi) is 2.96. The Balaban J connectivity index is 2.11. The Labute approximate surface area is 91.9 Å².